The van der Waals surface area contributed by atoms with Crippen molar-refractivity contribution in [1.29, 1.82) is 0 Å². The number of hydrogen-bond acceptors (Lipinski definition) is 4. The zero-order valence-corrected chi connectivity index (χ0v) is 12.7. The number of rotatable bonds is 5. The summed E-state index contributed by atoms with van der Waals surface area (Å²) in [5, 5.41) is 4.14. The third-order valence-electron chi connectivity index (χ3n) is 3.33. The van der Waals surface area contributed by atoms with E-state index >= 15 is 0 Å². The number of aromatic nitrogens is 3. The molecule has 0 bridgehead atoms. The van der Waals surface area contributed by atoms with Gasteiger partial charge in [-0.05, 0) is 32.4 Å². The predicted molar refractivity (Wildman–Crippen MR) is 81.6 cm³/mol. The number of amides is 1. The van der Waals surface area contributed by atoms with Crippen LogP contribution in [-0.4, -0.2) is 31.6 Å². The molecule has 2 aromatic heterocycles. The molecule has 0 saturated heterocycles. The van der Waals surface area contributed by atoms with E-state index in [2.05, 4.69) is 10.1 Å². The summed E-state index contributed by atoms with van der Waals surface area (Å²) in [4.78, 5) is 18.7. The van der Waals surface area contributed by atoms with Crippen molar-refractivity contribution in [2.24, 2.45) is 0 Å². The minimum Gasteiger partial charge on any atom is -0.396 e. The van der Waals surface area contributed by atoms with Gasteiger partial charge in [-0.25, -0.2) is 0 Å². The van der Waals surface area contributed by atoms with Crippen LogP contribution in [0.4, 0.5) is 5.69 Å². The molecule has 0 unspecified atom stereocenters. The fourth-order valence-electron chi connectivity index (χ4n) is 2.19. The number of nitrogen functional groups attached to an aromatic ring is 1. The van der Waals surface area contributed by atoms with Crippen molar-refractivity contribution < 1.29 is 4.79 Å². The van der Waals surface area contributed by atoms with Crippen molar-refractivity contribution >= 4 is 11.6 Å². The van der Waals surface area contributed by atoms with Crippen LogP contribution in [-0.2, 0) is 13.1 Å². The number of carbonyl (C=O) groups excluding carboxylic acids is 1. The second kappa shape index (κ2) is 6.39. The van der Waals surface area contributed by atoms with Crippen LogP contribution in [0.25, 0.3) is 0 Å². The van der Waals surface area contributed by atoms with Crippen LogP contribution in [0.15, 0.2) is 30.7 Å². The maximum atomic E-state index is 12.8. The Labute approximate surface area is 124 Å². The lowest BCUT2D eigenvalue weighted by Crippen LogP contribution is -2.38. The summed E-state index contributed by atoms with van der Waals surface area (Å²) in [5.74, 6) is -0.106. The second-order valence-corrected chi connectivity index (χ2v) is 5.15. The van der Waals surface area contributed by atoms with Gasteiger partial charge in [0.2, 0.25) is 0 Å². The monoisotopic (exact) mass is 287 g/mol. The largest absolute Gasteiger partial charge is 0.396 e. The Morgan fingerprint density at radius 1 is 1.43 bits per heavy atom. The van der Waals surface area contributed by atoms with E-state index in [1.165, 1.54) is 6.20 Å². The number of nitrogens with zero attached hydrogens (tertiary/aromatic N) is 4. The zero-order valence-electron chi connectivity index (χ0n) is 12.7. The standard InChI is InChI=1S/C15H21N5O/c1-4-20-14(13(16)9-18-20)15(21)19(11(2)3)10-12-6-5-7-17-8-12/h5-9,11H,4,10,16H2,1-3H3. The highest BCUT2D eigenvalue weighted by molar-refractivity contribution is 5.97. The minimum atomic E-state index is -0.106. The molecule has 1 amide bonds. The lowest BCUT2D eigenvalue weighted by atomic mass is 10.2. The van der Waals surface area contributed by atoms with Crippen molar-refractivity contribution in [2.75, 3.05) is 5.73 Å². The summed E-state index contributed by atoms with van der Waals surface area (Å²) in [5.41, 5.74) is 7.76. The Morgan fingerprint density at radius 3 is 2.76 bits per heavy atom. The van der Waals surface area contributed by atoms with Crippen LogP contribution in [0.5, 0.6) is 0 Å². The molecule has 0 spiro atoms. The minimum absolute atomic E-state index is 0.0531. The smallest absolute Gasteiger partial charge is 0.274 e. The summed E-state index contributed by atoms with van der Waals surface area (Å²) < 4.78 is 1.64. The van der Waals surface area contributed by atoms with Crippen molar-refractivity contribution in [2.45, 2.75) is 39.9 Å². The van der Waals surface area contributed by atoms with Gasteiger partial charge in [0.25, 0.3) is 5.91 Å². The average Bonchev–Trinajstić information content (AvgIpc) is 2.86. The molecule has 2 heterocycles. The Bertz CT molecular complexity index is 606. The van der Waals surface area contributed by atoms with Crippen LogP contribution in [0, 0.1) is 0 Å². The fraction of sp³-hybridized carbons (Fsp3) is 0.400. The maximum absolute atomic E-state index is 12.8. The van der Waals surface area contributed by atoms with E-state index in [9.17, 15) is 4.79 Å². The van der Waals surface area contributed by atoms with Crippen LogP contribution in [0.3, 0.4) is 0 Å². The molecule has 0 radical (unpaired) electrons. The quantitative estimate of drug-likeness (QED) is 0.911. The van der Waals surface area contributed by atoms with Crippen molar-refractivity contribution in [3.8, 4) is 0 Å². The molecule has 2 N–H and O–H groups in total. The molecule has 0 aliphatic rings. The van der Waals surface area contributed by atoms with Crippen molar-refractivity contribution in [1.82, 2.24) is 19.7 Å². The second-order valence-electron chi connectivity index (χ2n) is 5.15. The van der Waals surface area contributed by atoms with E-state index in [1.54, 1.807) is 22.0 Å². The van der Waals surface area contributed by atoms with Gasteiger partial charge in [0, 0.05) is 31.5 Å². The Balaban J connectivity index is 2.30. The summed E-state index contributed by atoms with van der Waals surface area (Å²) in [6, 6.07) is 3.87. The zero-order chi connectivity index (χ0) is 15.4. The third kappa shape index (κ3) is 3.21. The number of nitrogens with two attached hydrogens (primary N) is 1. The number of aryl methyl sites for hydroxylation is 1. The Kier molecular flexibility index (Phi) is 4.57. The molecule has 6 heteroatoms. The molecule has 0 saturated carbocycles. The molecule has 0 atom stereocenters. The Morgan fingerprint density at radius 2 is 2.19 bits per heavy atom. The first-order valence-corrected chi connectivity index (χ1v) is 7.05. The molecule has 0 fully saturated rings. The molecule has 0 aliphatic heterocycles. The summed E-state index contributed by atoms with van der Waals surface area (Å²) in [6.07, 6.45) is 5.01. The topological polar surface area (TPSA) is 77.0 Å². The van der Waals surface area contributed by atoms with Crippen molar-refractivity contribution in [3.63, 3.8) is 0 Å². The van der Waals surface area contributed by atoms with E-state index < -0.39 is 0 Å². The van der Waals surface area contributed by atoms with Gasteiger partial charge < -0.3 is 10.6 Å². The van der Waals surface area contributed by atoms with Gasteiger partial charge in [-0.2, -0.15) is 5.10 Å². The van der Waals surface area contributed by atoms with Crippen LogP contribution < -0.4 is 5.73 Å². The van der Waals surface area contributed by atoms with E-state index in [4.69, 9.17) is 5.73 Å². The summed E-state index contributed by atoms with van der Waals surface area (Å²) in [7, 11) is 0. The Hall–Kier alpha value is -2.37. The molecular weight excluding hydrogens is 266 g/mol. The SMILES string of the molecule is CCn1ncc(N)c1C(=O)N(Cc1cccnc1)C(C)C. The molecule has 112 valence electrons. The number of anilines is 1. The number of hydrogen-bond donors (Lipinski definition) is 1. The van der Waals surface area contributed by atoms with E-state index in [0.29, 0.717) is 24.5 Å². The third-order valence-corrected chi connectivity index (χ3v) is 3.33. The first kappa shape index (κ1) is 15.0. The molecule has 6 nitrogen and oxygen atoms in total. The highest BCUT2D eigenvalue weighted by Gasteiger charge is 2.24. The lowest BCUT2D eigenvalue weighted by Gasteiger charge is -2.27. The van der Waals surface area contributed by atoms with Gasteiger partial charge in [-0.3, -0.25) is 14.5 Å². The maximum Gasteiger partial charge on any atom is 0.274 e. The van der Waals surface area contributed by atoms with Gasteiger partial charge in [0.05, 0.1) is 11.9 Å². The van der Waals surface area contributed by atoms with E-state index in [1.807, 2.05) is 32.9 Å². The van der Waals surface area contributed by atoms with Gasteiger partial charge >= 0.3 is 0 Å². The normalized spacial score (nSPS) is 10.9. The van der Waals surface area contributed by atoms with E-state index in [0.717, 1.165) is 5.56 Å². The van der Waals surface area contributed by atoms with Crippen LogP contribution in [0.2, 0.25) is 0 Å². The molecular formula is C15H21N5O. The van der Waals surface area contributed by atoms with Crippen LogP contribution >= 0.6 is 0 Å². The molecule has 2 aromatic rings. The summed E-state index contributed by atoms with van der Waals surface area (Å²) in [6.45, 7) is 7.01. The average molecular weight is 287 g/mol. The molecule has 0 aromatic carbocycles. The van der Waals surface area contributed by atoms with Gasteiger partial charge in [-0.1, -0.05) is 6.07 Å². The highest BCUT2D eigenvalue weighted by Crippen LogP contribution is 2.17. The highest BCUT2D eigenvalue weighted by atomic mass is 16.2. The first-order chi connectivity index (χ1) is 10.0. The predicted octanol–water partition coefficient (Wildman–Crippen LogP) is 1.93. The van der Waals surface area contributed by atoms with Crippen molar-refractivity contribution in [3.05, 3.63) is 42.0 Å². The van der Waals surface area contributed by atoms with Crippen LogP contribution in [0.1, 0.15) is 36.8 Å². The number of carbonyl (C=O) groups is 1. The fourth-order valence-corrected chi connectivity index (χ4v) is 2.19. The molecule has 21 heavy (non-hydrogen) atoms. The first-order valence-electron chi connectivity index (χ1n) is 7.05. The molecule has 0 aliphatic carbocycles. The van der Waals surface area contributed by atoms with Gasteiger partial charge in [-0.15, -0.1) is 0 Å². The van der Waals surface area contributed by atoms with Gasteiger partial charge in [0.15, 0.2) is 0 Å². The summed E-state index contributed by atoms with van der Waals surface area (Å²) >= 11 is 0. The van der Waals surface area contributed by atoms with Gasteiger partial charge in [0.1, 0.15) is 5.69 Å². The van der Waals surface area contributed by atoms with E-state index in [-0.39, 0.29) is 11.9 Å². The number of pyridine rings is 1. The lowest BCUT2D eigenvalue weighted by molar-refractivity contribution is 0.0678. The molecule has 2 rings (SSSR count).